The highest BCUT2D eigenvalue weighted by Gasteiger charge is 2.33. The largest absolute Gasteiger partial charge is 0.494 e. The van der Waals surface area contributed by atoms with Crippen molar-refractivity contribution in [1.29, 1.82) is 0 Å². The fraction of sp³-hybridized carbons (Fsp3) is 0.483. The Labute approximate surface area is 233 Å². The molecule has 5 rings (SSSR count). The van der Waals surface area contributed by atoms with Crippen LogP contribution in [0.2, 0.25) is 0 Å². The van der Waals surface area contributed by atoms with Crippen molar-refractivity contribution in [3.8, 4) is 0 Å². The van der Waals surface area contributed by atoms with Crippen LogP contribution in [-0.2, 0) is 4.74 Å². The molecule has 1 saturated heterocycles. The number of aromatic nitrogens is 4. The van der Waals surface area contributed by atoms with E-state index >= 15 is 0 Å². The third-order valence-corrected chi connectivity index (χ3v) is 7.99. The highest BCUT2D eigenvalue weighted by atomic mass is 16.5. The monoisotopic (exact) mass is 547 g/mol. The van der Waals surface area contributed by atoms with Gasteiger partial charge in [-0.2, -0.15) is 4.98 Å². The zero-order chi connectivity index (χ0) is 28.6. The number of hydrogen-bond acceptors (Lipinski definition) is 8. The van der Waals surface area contributed by atoms with Gasteiger partial charge in [-0.3, -0.25) is 14.3 Å². The van der Waals surface area contributed by atoms with Crippen LogP contribution in [0.3, 0.4) is 0 Å². The minimum Gasteiger partial charge on any atom is -0.494 e. The lowest BCUT2D eigenvalue weighted by Gasteiger charge is -2.43. The van der Waals surface area contributed by atoms with Crippen molar-refractivity contribution in [3.05, 3.63) is 52.6 Å². The van der Waals surface area contributed by atoms with Gasteiger partial charge in [0.05, 0.1) is 36.1 Å². The molecule has 0 bridgehead atoms. The number of amides is 1. The molecule has 0 spiro atoms. The molecule has 4 heterocycles. The van der Waals surface area contributed by atoms with Crippen LogP contribution < -0.4 is 15.8 Å². The number of carboxylic acid groups (broad SMARTS) is 1. The Bertz CT molecular complexity index is 1470. The summed E-state index contributed by atoms with van der Waals surface area (Å²) in [5.74, 6) is 1.30. The molecule has 1 aliphatic carbocycles. The van der Waals surface area contributed by atoms with Crippen molar-refractivity contribution in [2.24, 2.45) is 0 Å². The smallest absolute Gasteiger partial charge is 0.407 e. The van der Waals surface area contributed by atoms with Crippen molar-refractivity contribution < 1.29 is 14.6 Å². The van der Waals surface area contributed by atoms with Gasteiger partial charge in [-0.25, -0.2) is 14.8 Å². The highest BCUT2D eigenvalue weighted by Crippen LogP contribution is 2.33. The van der Waals surface area contributed by atoms with E-state index in [0.29, 0.717) is 48.4 Å². The molecular formula is C29H37N7O4. The first-order valence-corrected chi connectivity index (χ1v) is 13.9. The number of anilines is 3. The number of nitrogens with zero attached hydrogens (tertiary/aromatic N) is 6. The van der Waals surface area contributed by atoms with E-state index in [1.54, 1.807) is 17.0 Å². The Morgan fingerprint density at radius 1 is 1.15 bits per heavy atom. The minimum absolute atomic E-state index is 0.0651. The van der Waals surface area contributed by atoms with Crippen LogP contribution >= 0.6 is 0 Å². The van der Waals surface area contributed by atoms with Gasteiger partial charge in [0.2, 0.25) is 5.95 Å². The summed E-state index contributed by atoms with van der Waals surface area (Å²) in [4.78, 5) is 42.9. The van der Waals surface area contributed by atoms with Gasteiger partial charge >= 0.3 is 6.09 Å². The third-order valence-electron chi connectivity index (χ3n) is 7.99. The number of ether oxygens (including phenoxy) is 1. The van der Waals surface area contributed by atoms with E-state index in [-0.39, 0.29) is 23.7 Å². The van der Waals surface area contributed by atoms with E-state index in [9.17, 15) is 14.7 Å². The maximum Gasteiger partial charge on any atom is 0.407 e. The number of carbonyl (C=O) groups is 1. The highest BCUT2D eigenvalue weighted by molar-refractivity contribution is 5.84. The minimum atomic E-state index is -0.892. The Morgan fingerprint density at radius 3 is 2.45 bits per heavy atom. The number of hydrogen-bond donors (Lipinski definition) is 2. The molecule has 3 aromatic rings. The van der Waals surface area contributed by atoms with Gasteiger partial charge in [0, 0.05) is 30.7 Å². The summed E-state index contributed by atoms with van der Waals surface area (Å²) in [6.07, 6.45) is 6.61. The van der Waals surface area contributed by atoms with E-state index in [2.05, 4.69) is 26.8 Å². The molecule has 1 amide bonds. The first kappa shape index (κ1) is 27.4. The Hall–Kier alpha value is -4.15. The van der Waals surface area contributed by atoms with Crippen LogP contribution in [0.4, 0.5) is 22.2 Å². The average molecular weight is 548 g/mol. The van der Waals surface area contributed by atoms with Gasteiger partial charge in [0.25, 0.3) is 5.56 Å². The standard InChI is InChI=1S/C29H37N7O4/c1-6-40-20(5)25-19(4)23-14-31-28(33-26(23)36(27(25)37)21-9-7-8-10-21)32-24-12-11-22(13-30-24)34-15-17(2)35(29(38)39)18(3)16-34/h11-14,17-18,21H,5-10,15-16H2,1-4H3,(H,38,39)(H,30,31,32,33). The fourth-order valence-electron chi connectivity index (χ4n) is 6.14. The summed E-state index contributed by atoms with van der Waals surface area (Å²) in [5.41, 5.74) is 2.62. The molecule has 3 aromatic heterocycles. The first-order chi connectivity index (χ1) is 19.2. The molecule has 11 heteroatoms. The van der Waals surface area contributed by atoms with Crippen LogP contribution in [0, 0.1) is 6.92 Å². The van der Waals surface area contributed by atoms with E-state index in [1.807, 2.05) is 39.8 Å². The molecule has 2 N–H and O–H groups in total. The van der Waals surface area contributed by atoms with Gasteiger partial charge in [-0.1, -0.05) is 19.4 Å². The molecule has 1 aliphatic heterocycles. The summed E-state index contributed by atoms with van der Waals surface area (Å²) in [6.45, 7) is 13.2. The van der Waals surface area contributed by atoms with E-state index in [4.69, 9.17) is 9.72 Å². The molecule has 2 aliphatic rings. The lowest BCUT2D eigenvalue weighted by atomic mass is 10.0. The Morgan fingerprint density at radius 2 is 1.85 bits per heavy atom. The molecular weight excluding hydrogens is 510 g/mol. The van der Waals surface area contributed by atoms with E-state index in [0.717, 1.165) is 42.3 Å². The lowest BCUT2D eigenvalue weighted by Crippen LogP contribution is -2.58. The van der Waals surface area contributed by atoms with E-state index < -0.39 is 6.09 Å². The topological polar surface area (TPSA) is 126 Å². The van der Waals surface area contributed by atoms with Crippen molar-refractivity contribution in [3.63, 3.8) is 0 Å². The molecule has 2 unspecified atom stereocenters. The molecule has 0 radical (unpaired) electrons. The molecule has 212 valence electrons. The van der Waals surface area contributed by atoms with Crippen LogP contribution in [0.1, 0.15) is 63.6 Å². The summed E-state index contributed by atoms with van der Waals surface area (Å²) >= 11 is 0. The van der Waals surface area contributed by atoms with Gasteiger partial charge in [-0.15, -0.1) is 0 Å². The quantitative estimate of drug-likeness (QED) is 0.396. The molecule has 11 nitrogen and oxygen atoms in total. The number of nitrogens with one attached hydrogen (secondary N) is 1. The van der Waals surface area contributed by atoms with Crippen molar-refractivity contribution in [2.45, 2.75) is 71.5 Å². The summed E-state index contributed by atoms with van der Waals surface area (Å²) in [5, 5.41) is 13.5. The molecule has 2 fully saturated rings. The van der Waals surface area contributed by atoms with Crippen LogP contribution in [-0.4, -0.2) is 67.4 Å². The predicted octanol–water partition coefficient (Wildman–Crippen LogP) is 4.94. The third kappa shape index (κ3) is 5.07. The second kappa shape index (κ2) is 11.1. The maximum absolute atomic E-state index is 13.8. The normalized spacial score (nSPS) is 19.7. The van der Waals surface area contributed by atoms with Gasteiger partial charge in [0.15, 0.2) is 0 Å². The zero-order valence-corrected chi connectivity index (χ0v) is 23.6. The first-order valence-electron chi connectivity index (χ1n) is 13.9. The zero-order valence-electron chi connectivity index (χ0n) is 23.6. The summed E-state index contributed by atoms with van der Waals surface area (Å²) in [7, 11) is 0. The number of aryl methyl sites for hydroxylation is 1. The summed E-state index contributed by atoms with van der Waals surface area (Å²) < 4.78 is 7.44. The predicted molar refractivity (Wildman–Crippen MR) is 155 cm³/mol. The van der Waals surface area contributed by atoms with Crippen molar-refractivity contribution in [2.75, 3.05) is 29.9 Å². The van der Waals surface area contributed by atoms with Crippen LogP contribution in [0.5, 0.6) is 0 Å². The Kier molecular flexibility index (Phi) is 7.64. The van der Waals surface area contributed by atoms with Gasteiger partial charge in [-0.05, 0) is 58.2 Å². The molecule has 2 atom stereocenters. The SMILES string of the molecule is C=C(OCC)c1c(C)c2cnc(Nc3ccc(N4CC(C)N(C(=O)O)C(C)C4)cn3)nc2n(C2CCCC2)c1=O. The number of pyridine rings is 2. The molecule has 40 heavy (non-hydrogen) atoms. The lowest BCUT2D eigenvalue weighted by molar-refractivity contribution is 0.0982. The molecule has 0 aromatic carbocycles. The fourth-order valence-corrected chi connectivity index (χ4v) is 6.14. The number of piperazine rings is 1. The Balaban J connectivity index is 1.43. The van der Waals surface area contributed by atoms with Crippen LogP contribution in [0.15, 0.2) is 35.9 Å². The molecule has 1 saturated carbocycles. The number of rotatable bonds is 7. The second-order valence-electron chi connectivity index (χ2n) is 10.7. The number of fused-ring (bicyclic) bond motifs is 1. The second-order valence-corrected chi connectivity index (χ2v) is 10.7. The van der Waals surface area contributed by atoms with Gasteiger partial charge < -0.3 is 20.1 Å². The van der Waals surface area contributed by atoms with Crippen LogP contribution in [0.25, 0.3) is 16.8 Å². The van der Waals surface area contributed by atoms with Crippen molar-refractivity contribution >= 4 is 40.3 Å². The average Bonchev–Trinajstić information content (AvgIpc) is 3.43. The summed E-state index contributed by atoms with van der Waals surface area (Å²) in [6, 6.07) is 3.62. The maximum atomic E-state index is 13.8. The van der Waals surface area contributed by atoms with Gasteiger partial charge in [0.1, 0.15) is 17.2 Å². The van der Waals surface area contributed by atoms with E-state index in [1.165, 1.54) is 4.90 Å². The van der Waals surface area contributed by atoms with Crippen molar-refractivity contribution in [1.82, 2.24) is 24.4 Å².